The van der Waals surface area contributed by atoms with Crippen LogP contribution in [0.2, 0.25) is 0 Å². The summed E-state index contributed by atoms with van der Waals surface area (Å²) in [6, 6.07) is 11.5. The number of esters is 1. The number of carbonyl (C=O) groups excluding carboxylic acids is 2. The molecule has 2 N–H and O–H groups in total. The van der Waals surface area contributed by atoms with Crippen molar-refractivity contribution >= 4 is 44.4 Å². The smallest absolute Gasteiger partial charge is 0.310 e. The maximum Gasteiger partial charge on any atom is 0.310 e. The highest BCUT2D eigenvalue weighted by molar-refractivity contribution is 7.90. The van der Waals surface area contributed by atoms with Crippen LogP contribution >= 0.6 is 0 Å². The van der Waals surface area contributed by atoms with Crippen molar-refractivity contribution < 1.29 is 27.2 Å². The third kappa shape index (κ3) is 6.48. The Balaban J connectivity index is 1.32. The second-order valence-electron chi connectivity index (χ2n) is 8.42. The number of benzene rings is 2. The first-order valence-electron chi connectivity index (χ1n) is 11.4. The van der Waals surface area contributed by atoms with Crippen molar-refractivity contribution in [1.29, 1.82) is 0 Å². The van der Waals surface area contributed by atoms with Crippen LogP contribution in [0.3, 0.4) is 0 Å². The zero-order chi connectivity index (χ0) is 24.8. The second kappa shape index (κ2) is 10.7. The van der Waals surface area contributed by atoms with Gasteiger partial charge < -0.3 is 14.5 Å². The summed E-state index contributed by atoms with van der Waals surface area (Å²) in [5.41, 5.74) is 2.67. The molecular weight excluding hydrogens is 470 g/mol. The zero-order valence-corrected chi connectivity index (χ0v) is 20.2. The summed E-state index contributed by atoms with van der Waals surface area (Å²) in [6.45, 7) is 2.05. The summed E-state index contributed by atoms with van der Waals surface area (Å²) in [5.74, 6) is -0.709. The van der Waals surface area contributed by atoms with Crippen molar-refractivity contribution in [3.8, 4) is 0 Å². The fraction of sp³-hybridized carbons (Fsp3) is 0.320. The number of aliphatic imine (C=N–C) groups is 1. The minimum absolute atomic E-state index is 0.00122. The Labute approximate surface area is 203 Å². The van der Waals surface area contributed by atoms with Crippen molar-refractivity contribution in [2.45, 2.75) is 43.9 Å². The van der Waals surface area contributed by atoms with Gasteiger partial charge in [0.1, 0.15) is 11.4 Å². The molecule has 0 radical (unpaired) electrons. The third-order valence-corrected chi connectivity index (χ3v) is 6.94. The zero-order valence-electron chi connectivity index (χ0n) is 19.4. The minimum atomic E-state index is -3.84. The van der Waals surface area contributed by atoms with E-state index in [0.29, 0.717) is 29.9 Å². The molecule has 0 saturated heterocycles. The molecular formula is C25H27N3O6S. The SMILES string of the molecule is Cc1ccc2c(CC(=O)OCC(=O)Nc3cccc(S(=O)(=O)NC4=NCCCCC4)c3)coc2c1. The van der Waals surface area contributed by atoms with Crippen molar-refractivity contribution in [3.05, 3.63) is 59.9 Å². The molecule has 0 bridgehead atoms. The number of carbonyl (C=O) groups is 2. The number of amides is 1. The topological polar surface area (TPSA) is 127 Å². The maximum atomic E-state index is 12.7. The highest BCUT2D eigenvalue weighted by atomic mass is 32.2. The van der Waals surface area contributed by atoms with E-state index in [0.717, 1.165) is 30.2 Å². The van der Waals surface area contributed by atoms with E-state index in [9.17, 15) is 18.0 Å². The molecule has 4 rings (SSSR count). The molecule has 3 aromatic rings. The van der Waals surface area contributed by atoms with Crippen LogP contribution in [0.1, 0.15) is 36.8 Å². The van der Waals surface area contributed by atoms with Gasteiger partial charge >= 0.3 is 5.97 Å². The molecule has 2 aromatic carbocycles. The number of hydrogen-bond donors (Lipinski definition) is 2. The lowest BCUT2D eigenvalue weighted by Gasteiger charge is -2.11. The van der Waals surface area contributed by atoms with Gasteiger partial charge in [0.25, 0.3) is 15.9 Å². The Morgan fingerprint density at radius 2 is 1.97 bits per heavy atom. The van der Waals surface area contributed by atoms with Gasteiger partial charge in [-0.3, -0.25) is 19.3 Å². The van der Waals surface area contributed by atoms with E-state index in [1.165, 1.54) is 24.5 Å². The lowest BCUT2D eigenvalue weighted by molar-refractivity contribution is -0.146. The van der Waals surface area contributed by atoms with Gasteiger partial charge in [0.2, 0.25) is 0 Å². The van der Waals surface area contributed by atoms with Gasteiger partial charge in [0.05, 0.1) is 17.6 Å². The fourth-order valence-electron chi connectivity index (χ4n) is 3.79. The highest BCUT2D eigenvalue weighted by Gasteiger charge is 2.18. The highest BCUT2D eigenvalue weighted by Crippen LogP contribution is 2.23. The summed E-state index contributed by atoms with van der Waals surface area (Å²) >= 11 is 0. The average Bonchev–Trinajstić information content (AvgIpc) is 3.02. The number of rotatable bonds is 7. The molecule has 0 atom stereocenters. The molecule has 9 nitrogen and oxygen atoms in total. The average molecular weight is 498 g/mol. The van der Waals surface area contributed by atoms with Crippen LogP contribution < -0.4 is 10.0 Å². The molecule has 35 heavy (non-hydrogen) atoms. The molecule has 2 heterocycles. The minimum Gasteiger partial charge on any atom is -0.464 e. The number of aryl methyl sites for hydroxylation is 1. The first-order chi connectivity index (χ1) is 16.8. The van der Waals surface area contributed by atoms with Crippen molar-refractivity contribution in [2.75, 3.05) is 18.5 Å². The van der Waals surface area contributed by atoms with Crippen molar-refractivity contribution in [3.63, 3.8) is 0 Å². The van der Waals surface area contributed by atoms with Gasteiger partial charge in [-0.15, -0.1) is 0 Å². The van der Waals surface area contributed by atoms with Gasteiger partial charge in [-0.1, -0.05) is 24.6 Å². The molecule has 1 aliphatic heterocycles. The Morgan fingerprint density at radius 1 is 1.11 bits per heavy atom. The van der Waals surface area contributed by atoms with Crippen molar-refractivity contribution in [1.82, 2.24) is 4.72 Å². The van der Waals surface area contributed by atoms with Crippen LogP contribution in [-0.4, -0.2) is 39.3 Å². The molecule has 0 spiro atoms. The standard InChI is InChI=1S/C25H27N3O6S/c1-17-9-10-21-18(15-33-22(21)12-17)13-25(30)34-16-24(29)27-19-6-5-7-20(14-19)35(31,32)28-23-8-3-2-4-11-26-23/h5-7,9-10,12,14-15H,2-4,8,11,13,16H2,1H3,(H,26,28)(H,27,29). The number of fused-ring (bicyclic) bond motifs is 1. The number of furan rings is 1. The van der Waals surface area contributed by atoms with Crippen LogP contribution in [0, 0.1) is 6.92 Å². The Hall–Kier alpha value is -3.66. The molecule has 0 fully saturated rings. The molecule has 0 aliphatic carbocycles. The first-order valence-corrected chi connectivity index (χ1v) is 12.9. The van der Waals surface area contributed by atoms with Gasteiger partial charge in [0, 0.05) is 29.6 Å². The number of ether oxygens (including phenoxy) is 1. The van der Waals surface area contributed by atoms with Crippen LogP contribution in [0.25, 0.3) is 11.0 Å². The number of anilines is 1. The van der Waals surface area contributed by atoms with Crippen LogP contribution in [-0.2, 0) is 30.8 Å². The van der Waals surface area contributed by atoms with E-state index in [4.69, 9.17) is 9.15 Å². The Kier molecular flexibility index (Phi) is 7.50. The van der Waals surface area contributed by atoms with Gasteiger partial charge in [-0.25, -0.2) is 8.42 Å². The van der Waals surface area contributed by atoms with Gasteiger partial charge in [-0.2, -0.15) is 0 Å². The molecule has 184 valence electrons. The number of sulfonamides is 1. The second-order valence-corrected chi connectivity index (χ2v) is 10.1. The lowest BCUT2D eigenvalue weighted by Crippen LogP contribution is -2.30. The summed E-state index contributed by atoms with van der Waals surface area (Å²) in [6.07, 6.45) is 4.88. The number of nitrogens with zero attached hydrogens (tertiary/aromatic N) is 1. The largest absolute Gasteiger partial charge is 0.464 e. The third-order valence-electron chi connectivity index (χ3n) is 5.56. The van der Waals surface area contributed by atoms with Crippen molar-refractivity contribution in [2.24, 2.45) is 4.99 Å². The van der Waals surface area contributed by atoms with E-state index in [2.05, 4.69) is 15.0 Å². The Bertz CT molecular complexity index is 1380. The normalized spacial score (nSPS) is 14.1. The molecule has 1 aliphatic rings. The molecule has 0 saturated carbocycles. The van der Waals surface area contributed by atoms with Gasteiger partial charge in [0.15, 0.2) is 6.61 Å². The van der Waals surface area contributed by atoms with E-state index >= 15 is 0 Å². The molecule has 0 unspecified atom stereocenters. The number of hydrogen-bond acceptors (Lipinski definition) is 7. The van der Waals surface area contributed by atoms with E-state index in [1.54, 1.807) is 6.07 Å². The number of amidine groups is 1. The summed E-state index contributed by atoms with van der Waals surface area (Å²) in [4.78, 5) is 28.8. The summed E-state index contributed by atoms with van der Waals surface area (Å²) < 4.78 is 38.6. The fourth-order valence-corrected chi connectivity index (χ4v) is 4.92. The Morgan fingerprint density at radius 3 is 2.83 bits per heavy atom. The maximum absolute atomic E-state index is 12.7. The van der Waals surface area contributed by atoms with Crippen LogP contribution in [0.15, 0.2) is 63.0 Å². The van der Waals surface area contributed by atoms with Gasteiger partial charge in [-0.05, 0) is 49.6 Å². The summed E-state index contributed by atoms with van der Waals surface area (Å²) in [7, 11) is -3.84. The van der Waals surface area contributed by atoms with Crippen LogP contribution in [0.4, 0.5) is 5.69 Å². The van der Waals surface area contributed by atoms with E-state index in [1.807, 2.05) is 25.1 Å². The predicted molar refractivity (Wildman–Crippen MR) is 132 cm³/mol. The van der Waals surface area contributed by atoms with E-state index < -0.39 is 28.5 Å². The molecule has 1 amide bonds. The lowest BCUT2D eigenvalue weighted by atomic mass is 10.1. The predicted octanol–water partition coefficient (Wildman–Crippen LogP) is 3.72. The molecule has 10 heteroatoms. The first kappa shape index (κ1) is 24.5. The number of nitrogens with one attached hydrogen (secondary N) is 2. The van der Waals surface area contributed by atoms with E-state index in [-0.39, 0.29) is 17.0 Å². The quantitative estimate of drug-likeness (QED) is 0.479. The molecule has 1 aromatic heterocycles. The van der Waals surface area contributed by atoms with Crippen LogP contribution in [0.5, 0.6) is 0 Å². The summed E-state index contributed by atoms with van der Waals surface area (Å²) in [5, 5.41) is 3.38. The monoisotopic (exact) mass is 497 g/mol.